The maximum atomic E-state index is 8.74. The molecule has 5 nitrogen and oxygen atoms in total. The third-order valence-electron chi connectivity index (χ3n) is 2.99. The first-order chi connectivity index (χ1) is 10.4. The predicted octanol–water partition coefficient (Wildman–Crippen LogP) is 2.95. The van der Waals surface area contributed by atoms with Crippen molar-refractivity contribution in [2.75, 3.05) is 5.43 Å². The first kappa shape index (κ1) is 12.8. The van der Waals surface area contributed by atoms with Crippen LogP contribution >= 0.6 is 0 Å². The Hall–Kier alpha value is -3.26. The second kappa shape index (κ2) is 5.80. The fourth-order valence-corrected chi connectivity index (χ4v) is 1.92. The number of benzene rings is 2. The summed E-state index contributed by atoms with van der Waals surface area (Å²) in [6.45, 7) is 0. The van der Waals surface area contributed by atoms with Crippen LogP contribution in [0.25, 0.3) is 10.8 Å². The van der Waals surface area contributed by atoms with Crippen molar-refractivity contribution in [1.29, 1.82) is 5.26 Å². The van der Waals surface area contributed by atoms with Crippen LogP contribution < -0.4 is 5.43 Å². The van der Waals surface area contributed by atoms with Crippen LogP contribution in [0, 0.1) is 11.3 Å². The number of rotatable bonds is 3. The number of hydrogen-bond donors (Lipinski definition) is 1. The van der Waals surface area contributed by atoms with Gasteiger partial charge in [0.1, 0.15) is 0 Å². The molecule has 0 aliphatic rings. The van der Waals surface area contributed by atoms with Crippen molar-refractivity contribution in [3.8, 4) is 6.07 Å². The third kappa shape index (κ3) is 2.85. The van der Waals surface area contributed by atoms with Crippen molar-refractivity contribution in [1.82, 2.24) is 10.2 Å². The van der Waals surface area contributed by atoms with Gasteiger partial charge in [0, 0.05) is 10.8 Å². The molecular formula is C16H11N5. The fraction of sp³-hybridized carbons (Fsp3) is 0. The van der Waals surface area contributed by atoms with E-state index in [2.05, 4.69) is 26.8 Å². The number of aromatic nitrogens is 2. The van der Waals surface area contributed by atoms with Gasteiger partial charge < -0.3 is 0 Å². The van der Waals surface area contributed by atoms with E-state index in [1.54, 1.807) is 24.5 Å². The lowest BCUT2D eigenvalue weighted by Crippen LogP contribution is -1.96. The maximum Gasteiger partial charge on any atom is 0.176 e. The van der Waals surface area contributed by atoms with Gasteiger partial charge in [-0.15, -0.1) is 5.10 Å². The van der Waals surface area contributed by atoms with E-state index in [0.717, 1.165) is 16.3 Å². The Bertz CT molecular complexity index is 826. The topological polar surface area (TPSA) is 74.0 Å². The van der Waals surface area contributed by atoms with Crippen molar-refractivity contribution in [3.63, 3.8) is 0 Å². The molecule has 3 rings (SSSR count). The molecule has 0 saturated carbocycles. The number of nitriles is 1. The molecule has 0 radical (unpaired) electrons. The summed E-state index contributed by atoms with van der Waals surface area (Å²) in [5, 5.41) is 22.9. The van der Waals surface area contributed by atoms with E-state index in [4.69, 9.17) is 5.26 Å². The summed E-state index contributed by atoms with van der Waals surface area (Å²) in [5.74, 6) is 0.609. The summed E-state index contributed by atoms with van der Waals surface area (Å²) in [6, 6.07) is 17.1. The van der Waals surface area contributed by atoms with Crippen molar-refractivity contribution in [2.24, 2.45) is 5.10 Å². The Kier molecular flexibility index (Phi) is 3.52. The van der Waals surface area contributed by atoms with E-state index < -0.39 is 0 Å². The Morgan fingerprint density at radius 1 is 1.10 bits per heavy atom. The zero-order valence-electron chi connectivity index (χ0n) is 11.1. The van der Waals surface area contributed by atoms with Crippen LogP contribution in [-0.2, 0) is 0 Å². The van der Waals surface area contributed by atoms with Crippen molar-refractivity contribution >= 4 is 22.8 Å². The van der Waals surface area contributed by atoms with Crippen molar-refractivity contribution in [2.45, 2.75) is 0 Å². The fourth-order valence-electron chi connectivity index (χ4n) is 1.92. The maximum absolute atomic E-state index is 8.74. The quantitative estimate of drug-likeness (QED) is 0.588. The van der Waals surface area contributed by atoms with Gasteiger partial charge in [0.2, 0.25) is 0 Å². The standard InChI is InChI=1S/C16H11N5/c17-9-12-5-7-13(8-6-12)10-18-20-16-15-4-2-1-3-14(15)11-19-21-16/h1-8,10-11H,(H,20,21). The van der Waals surface area contributed by atoms with Crippen molar-refractivity contribution < 1.29 is 0 Å². The molecule has 21 heavy (non-hydrogen) atoms. The lowest BCUT2D eigenvalue weighted by Gasteiger charge is -2.02. The van der Waals surface area contributed by atoms with Gasteiger partial charge in [-0.2, -0.15) is 15.5 Å². The number of nitrogens with one attached hydrogen (secondary N) is 1. The molecule has 0 unspecified atom stereocenters. The summed E-state index contributed by atoms with van der Waals surface area (Å²) in [7, 11) is 0. The minimum Gasteiger partial charge on any atom is -0.259 e. The average molecular weight is 273 g/mol. The van der Waals surface area contributed by atoms with Gasteiger partial charge >= 0.3 is 0 Å². The Morgan fingerprint density at radius 3 is 2.71 bits per heavy atom. The van der Waals surface area contributed by atoms with Crippen LogP contribution in [0.15, 0.2) is 59.8 Å². The Balaban J connectivity index is 1.79. The van der Waals surface area contributed by atoms with Gasteiger partial charge in [-0.05, 0) is 17.7 Å². The number of nitrogens with zero attached hydrogens (tertiary/aromatic N) is 4. The molecule has 1 aromatic heterocycles. The SMILES string of the molecule is N#Cc1ccc(C=NNc2nncc3ccccc23)cc1. The molecule has 100 valence electrons. The highest BCUT2D eigenvalue weighted by molar-refractivity contribution is 5.91. The molecule has 0 aliphatic heterocycles. The molecule has 0 saturated heterocycles. The highest BCUT2D eigenvalue weighted by atomic mass is 15.3. The zero-order chi connectivity index (χ0) is 14.5. The van der Waals surface area contributed by atoms with E-state index in [-0.39, 0.29) is 0 Å². The van der Waals surface area contributed by atoms with E-state index in [1.165, 1.54) is 0 Å². The molecule has 0 bridgehead atoms. The van der Waals surface area contributed by atoms with Gasteiger partial charge in [-0.3, -0.25) is 5.43 Å². The Labute approximate surface area is 121 Å². The molecule has 0 atom stereocenters. The smallest absolute Gasteiger partial charge is 0.176 e. The molecule has 0 spiro atoms. The minimum atomic E-state index is 0.609. The Morgan fingerprint density at radius 2 is 1.90 bits per heavy atom. The van der Waals surface area contributed by atoms with Gasteiger partial charge in [-0.25, -0.2) is 0 Å². The summed E-state index contributed by atoms with van der Waals surface area (Å²) in [5.41, 5.74) is 4.42. The molecule has 0 fully saturated rings. The largest absolute Gasteiger partial charge is 0.259 e. The number of hydrazone groups is 1. The first-order valence-electron chi connectivity index (χ1n) is 6.36. The molecular weight excluding hydrogens is 262 g/mol. The first-order valence-corrected chi connectivity index (χ1v) is 6.36. The predicted molar refractivity (Wildman–Crippen MR) is 81.9 cm³/mol. The number of hydrogen-bond acceptors (Lipinski definition) is 5. The van der Waals surface area contributed by atoms with Crippen LogP contribution in [0.5, 0.6) is 0 Å². The molecule has 0 amide bonds. The van der Waals surface area contributed by atoms with Crippen LogP contribution in [0.1, 0.15) is 11.1 Å². The van der Waals surface area contributed by atoms with Gasteiger partial charge in [-0.1, -0.05) is 36.4 Å². The summed E-state index contributed by atoms with van der Waals surface area (Å²) in [4.78, 5) is 0. The van der Waals surface area contributed by atoms with Crippen LogP contribution in [0.4, 0.5) is 5.82 Å². The van der Waals surface area contributed by atoms with Gasteiger partial charge in [0.15, 0.2) is 5.82 Å². The molecule has 2 aromatic carbocycles. The zero-order valence-corrected chi connectivity index (χ0v) is 11.1. The molecule has 1 N–H and O–H groups in total. The summed E-state index contributed by atoms with van der Waals surface area (Å²) in [6.07, 6.45) is 3.38. The third-order valence-corrected chi connectivity index (χ3v) is 2.99. The number of anilines is 1. The molecule has 0 aliphatic carbocycles. The summed E-state index contributed by atoms with van der Waals surface area (Å²) < 4.78 is 0. The average Bonchev–Trinajstić information content (AvgIpc) is 2.56. The van der Waals surface area contributed by atoms with E-state index in [9.17, 15) is 0 Å². The highest BCUT2D eigenvalue weighted by Crippen LogP contribution is 2.18. The monoisotopic (exact) mass is 273 g/mol. The van der Waals surface area contributed by atoms with E-state index >= 15 is 0 Å². The minimum absolute atomic E-state index is 0.609. The summed E-state index contributed by atoms with van der Waals surface area (Å²) >= 11 is 0. The highest BCUT2D eigenvalue weighted by Gasteiger charge is 2.00. The van der Waals surface area contributed by atoms with Gasteiger partial charge in [0.05, 0.1) is 24.0 Å². The van der Waals surface area contributed by atoms with Crippen molar-refractivity contribution in [3.05, 3.63) is 65.9 Å². The molecule has 1 heterocycles. The number of fused-ring (bicyclic) bond motifs is 1. The van der Waals surface area contributed by atoms with E-state index in [1.807, 2.05) is 36.4 Å². The lowest BCUT2D eigenvalue weighted by atomic mass is 10.2. The lowest BCUT2D eigenvalue weighted by molar-refractivity contribution is 1.04. The molecule has 3 aromatic rings. The van der Waals surface area contributed by atoms with Crippen LogP contribution in [-0.4, -0.2) is 16.4 Å². The van der Waals surface area contributed by atoms with E-state index in [0.29, 0.717) is 11.4 Å². The second-order valence-corrected chi connectivity index (χ2v) is 4.38. The van der Waals surface area contributed by atoms with Crippen LogP contribution in [0.2, 0.25) is 0 Å². The molecule has 5 heteroatoms. The second-order valence-electron chi connectivity index (χ2n) is 4.38. The van der Waals surface area contributed by atoms with Crippen LogP contribution in [0.3, 0.4) is 0 Å². The van der Waals surface area contributed by atoms with Gasteiger partial charge in [0.25, 0.3) is 0 Å². The normalized spacial score (nSPS) is 10.6.